The third-order valence-electron chi connectivity index (χ3n) is 4.56. The molecule has 1 amide bonds. The molecule has 2 aromatic rings. The molecule has 0 aromatic heterocycles. The van der Waals surface area contributed by atoms with Gasteiger partial charge in [-0.1, -0.05) is 45.9 Å². The van der Waals surface area contributed by atoms with E-state index >= 15 is 0 Å². The monoisotopic (exact) mass is 545 g/mol. The normalized spacial score (nSPS) is 15.6. The predicted molar refractivity (Wildman–Crippen MR) is 132 cm³/mol. The number of hydrogen-bond acceptors (Lipinski definition) is 7. The lowest BCUT2D eigenvalue weighted by atomic mass is 10.1. The summed E-state index contributed by atoms with van der Waals surface area (Å²) in [5, 5.41) is 19.8. The number of aliphatic carboxylic acids is 1. The van der Waals surface area contributed by atoms with Crippen molar-refractivity contribution < 1.29 is 34.1 Å². The molecule has 8 nitrogen and oxygen atoms in total. The van der Waals surface area contributed by atoms with Gasteiger partial charge in [0.1, 0.15) is 22.1 Å². The molecule has 0 saturated carbocycles. The average Bonchev–Trinajstić information content (AvgIpc) is 3.08. The Hall–Kier alpha value is -3.37. The first kappa shape index (κ1) is 25.3. The smallest absolute Gasteiger partial charge is 0.344 e. The van der Waals surface area contributed by atoms with Crippen molar-refractivity contribution in [2.75, 3.05) is 13.2 Å². The topological polar surface area (TPSA) is 122 Å². The number of carbonyl (C=O) groups excluding carboxylic acids is 2. The van der Waals surface area contributed by atoms with E-state index in [1.54, 1.807) is 56.3 Å². The van der Waals surface area contributed by atoms with Crippen molar-refractivity contribution in [2.45, 2.75) is 13.8 Å². The number of carboxylic acids is 1. The van der Waals surface area contributed by atoms with Crippen molar-refractivity contribution in [3.8, 4) is 5.75 Å². The Labute approximate surface area is 208 Å². The highest BCUT2D eigenvalue weighted by Crippen LogP contribution is 2.40. The van der Waals surface area contributed by atoms with Crippen LogP contribution >= 0.6 is 27.7 Å². The minimum absolute atomic E-state index is 0.00143. The summed E-state index contributed by atoms with van der Waals surface area (Å²) in [5.74, 6) is -2.67. The molecule has 3 rings (SSSR count). The molecule has 1 aliphatic heterocycles. The van der Waals surface area contributed by atoms with Gasteiger partial charge < -0.3 is 19.7 Å². The summed E-state index contributed by atoms with van der Waals surface area (Å²) >= 11 is 4.27. The Morgan fingerprint density at radius 1 is 1.18 bits per heavy atom. The maximum absolute atomic E-state index is 12.8. The zero-order valence-corrected chi connectivity index (χ0v) is 20.6. The third-order valence-corrected chi connectivity index (χ3v) is 6.07. The Balaban J connectivity index is 2.06. The Morgan fingerprint density at radius 3 is 2.59 bits per heavy atom. The summed E-state index contributed by atoms with van der Waals surface area (Å²) < 4.78 is 11.1. The number of halogens is 1. The molecule has 1 aliphatic rings. The molecule has 1 heterocycles. The molecule has 0 saturated heterocycles. The predicted octanol–water partition coefficient (Wildman–Crippen LogP) is 4.92. The van der Waals surface area contributed by atoms with Gasteiger partial charge in [-0.3, -0.25) is 4.79 Å². The van der Waals surface area contributed by atoms with Gasteiger partial charge in [0, 0.05) is 15.6 Å². The van der Waals surface area contributed by atoms with Gasteiger partial charge in [-0.05, 0) is 49.8 Å². The molecule has 0 spiro atoms. The maximum Gasteiger partial charge on any atom is 0.344 e. The van der Waals surface area contributed by atoms with Crippen LogP contribution in [0.3, 0.4) is 0 Å². The highest BCUT2D eigenvalue weighted by Gasteiger charge is 2.34. The Morgan fingerprint density at radius 2 is 1.91 bits per heavy atom. The fraction of sp³-hybridized carbons (Fsp3) is 0.167. The number of aryl methyl sites for hydroxylation is 1. The van der Waals surface area contributed by atoms with E-state index in [4.69, 9.17) is 14.6 Å². The number of aliphatic hydroxyl groups is 1. The molecular weight excluding hydrogens is 526 g/mol. The molecule has 0 radical (unpaired) electrons. The van der Waals surface area contributed by atoms with Crippen LogP contribution in [0.15, 0.2) is 68.2 Å². The van der Waals surface area contributed by atoms with Gasteiger partial charge in [-0.25, -0.2) is 14.6 Å². The van der Waals surface area contributed by atoms with Gasteiger partial charge in [0.2, 0.25) is 0 Å². The van der Waals surface area contributed by atoms with Gasteiger partial charge in [0.15, 0.2) is 6.61 Å². The molecule has 34 heavy (non-hydrogen) atoms. The van der Waals surface area contributed by atoms with Crippen LogP contribution in [-0.2, 0) is 14.3 Å². The molecule has 0 aliphatic carbocycles. The summed E-state index contributed by atoms with van der Waals surface area (Å²) in [6.07, 6.45) is 1.52. The zero-order valence-electron chi connectivity index (χ0n) is 18.2. The van der Waals surface area contributed by atoms with Gasteiger partial charge in [0.25, 0.3) is 5.91 Å². The Bertz CT molecular complexity index is 1250. The van der Waals surface area contributed by atoms with E-state index in [0.717, 1.165) is 17.3 Å². The highest BCUT2D eigenvalue weighted by molar-refractivity contribution is 9.10. The van der Waals surface area contributed by atoms with Crippen molar-refractivity contribution in [3.05, 3.63) is 79.9 Å². The molecule has 10 heteroatoms. The SMILES string of the molecule is CCOC(=O)C1=C(O)/C(=C/c2cc(Br)ccc2OCC(=O)O)SC1=NC(=O)c1ccccc1C. The number of amides is 1. The number of aliphatic hydroxyl groups excluding tert-OH is 1. The van der Waals surface area contributed by atoms with Crippen LogP contribution in [-0.4, -0.2) is 46.3 Å². The number of rotatable bonds is 7. The Kier molecular flexibility index (Phi) is 8.30. The van der Waals surface area contributed by atoms with E-state index in [0.29, 0.717) is 15.6 Å². The summed E-state index contributed by atoms with van der Waals surface area (Å²) in [4.78, 5) is 40.6. The molecule has 176 valence electrons. The molecular formula is C24H20BrNO7S. The lowest BCUT2D eigenvalue weighted by molar-refractivity contribution is -0.139. The number of benzene rings is 2. The highest BCUT2D eigenvalue weighted by atomic mass is 79.9. The van der Waals surface area contributed by atoms with Crippen LogP contribution in [0.2, 0.25) is 0 Å². The number of esters is 1. The lowest BCUT2D eigenvalue weighted by Gasteiger charge is -2.08. The molecule has 0 fully saturated rings. The zero-order chi connectivity index (χ0) is 24.8. The van der Waals surface area contributed by atoms with Crippen LogP contribution in [0.25, 0.3) is 6.08 Å². The summed E-state index contributed by atoms with van der Waals surface area (Å²) in [6, 6.07) is 11.8. The number of ether oxygens (including phenoxy) is 2. The molecule has 2 N–H and O–H groups in total. The second-order valence-corrected chi connectivity index (χ2v) is 8.90. The number of aliphatic imine (C=N–C) groups is 1. The summed E-state index contributed by atoms with van der Waals surface area (Å²) in [7, 11) is 0. The average molecular weight is 546 g/mol. The minimum Gasteiger partial charge on any atom is -0.506 e. The minimum atomic E-state index is -1.15. The van der Waals surface area contributed by atoms with Crippen molar-refractivity contribution in [3.63, 3.8) is 0 Å². The van der Waals surface area contributed by atoms with E-state index in [-0.39, 0.29) is 27.9 Å². The lowest BCUT2D eigenvalue weighted by Crippen LogP contribution is -2.14. The second kappa shape index (κ2) is 11.2. The molecule has 0 bridgehead atoms. The molecule has 2 aromatic carbocycles. The first-order valence-corrected chi connectivity index (χ1v) is 11.7. The van der Waals surface area contributed by atoms with E-state index in [9.17, 15) is 19.5 Å². The van der Waals surface area contributed by atoms with Crippen LogP contribution in [0.1, 0.15) is 28.4 Å². The fourth-order valence-electron chi connectivity index (χ4n) is 3.00. The maximum atomic E-state index is 12.8. The summed E-state index contributed by atoms with van der Waals surface area (Å²) in [5.41, 5.74) is 1.31. The van der Waals surface area contributed by atoms with E-state index in [1.807, 2.05) is 0 Å². The first-order chi connectivity index (χ1) is 16.2. The van der Waals surface area contributed by atoms with E-state index in [2.05, 4.69) is 20.9 Å². The van der Waals surface area contributed by atoms with E-state index < -0.39 is 30.2 Å². The van der Waals surface area contributed by atoms with Gasteiger partial charge in [-0.15, -0.1) is 0 Å². The second-order valence-electron chi connectivity index (χ2n) is 6.96. The van der Waals surface area contributed by atoms with E-state index in [1.165, 1.54) is 6.08 Å². The van der Waals surface area contributed by atoms with Crippen LogP contribution in [0.4, 0.5) is 0 Å². The van der Waals surface area contributed by atoms with Gasteiger partial charge in [0.05, 0.1) is 11.5 Å². The summed E-state index contributed by atoms with van der Waals surface area (Å²) in [6.45, 7) is 2.90. The van der Waals surface area contributed by atoms with Crippen molar-refractivity contribution >= 4 is 56.7 Å². The van der Waals surface area contributed by atoms with Crippen molar-refractivity contribution in [2.24, 2.45) is 4.99 Å². The number of carboxylic acid groups (broad SMARTS) is 1. The van der Waals surface area contributed by atoms with Crippen LogP contribution in [0.5, 0.6) is 5.75 Å². The first-order valence-electron chi connectivity index (χ1n) is 10.0. The van der Waals surface area contributed by atoms with Gasteiger partial charge >= 0.3 is 11.9 Å². The van der Waals surface area contributed by atoms with Crippen molar-refractivity contribution in [1.82, 2.24) is 0 Å². The fourth-order valence-corrected chi connectivity index (χ4v) is 4.38. The van der Waals surface area contributed by atoms with Gasteiger partial charge in [-0.2, -0.15) is 0 Å². The molecule has 0 unspecified atom stereocenters. The number of thioether (sulfide) groups is 1. The number of nitrogens with zero attached hydrogens (tertiary/aromatic N) is 1. The number of carbonyl (C=O) groups is 3. The van der Waals surface area contributed by atoms with Crippen molar-refractivity contribution in [1.29, 1.82) is 0 Å². The quantitative estimate of drug-likeness (QED) is 0.470. The number of hydrogen-bond donors (Lipinski definition) is 2. The van der Waals surface area contributed by atoms with Crippen LogP contribution in [0, 0.1) is 6.92 Å². The van der Waals surface area contributed by atoms with Crippen LogP contribution < -0.4 is 4.74 Å². The molecule has 0 atom stereocenters. The standard InChI is InChI=1S/C24H20BrNO7S/c1-3-32-24(31)20-21(29)18(11-14-10-15(25)8-9-17(14)33-12-19(27)28)34-23(20)26-22(30)16-7-5-4-6-13(16)2/h4-11,29H,3,12H2,1-2H3,(H,27,28)/b18-11-,26-23?. The largest absolute Gasteiger partial charge is 0.506 e. The third kappa shape index (κ3) is 5.95.